The lowest BCUT2D eigenvalue weighted by atomic mass is 10.2. The zero-order valence-electron chi connectivity index (χ0n) is 13.6. The fourth-order valence-corrected chi connectivity index (χ4v) is 3.49. The van der Waals surface area contributed by atoms with Gasteiger partial charge >= 0.3 is 0 Å². The fourth-order valence-electron chi connectivity index (χ4n) is 2.26. The van der Waals surface area contributed by atoms with Crippen molar-refractivity contribution in [3.63, 3.8) is 0 Å². The maximum absolute atomic E-state index is 13.6. The number of hydrogen-bond acceptors (Lipinski definition) is 5. The van der Waals surface area contributed by atoms with E-state index in [1.165, 1.54) is 37.3 Å². The van der Waals surface area contributed by atoms with Gasteiger partial charge in [0.25, 0.3) is 10.0 Å². The van der Waals surface area contributed by atoms with Gasteiger partial charge in [0.1, 0.15) is 11.6 Å². The Labute approximate surface area is 149 Å². The molecule has 0 saturated carbocycles. The Morgan fingerprint density at radius 3 is 2.27 bits per heavy atom. The van der Waals surface area contributed by atoms with Crippen molar-refractivity contribution in [3.8, 4) is 0 Å². The lowest BCUT2D eigenvalue weighted by Crippen LogP contribution is -2.15. The number of nitrogens with zero attached hydrogens (tertiary/aromatic N) is 2. The minimum atomic E-state index is -3.94. The summed E-state index contributed by atoms with van der Waals surface area (Å²) in [6, 6.07) is 12.2. The van der Waals surface area contributed by atoms with Crippen LogP contribution in [0.5, 0.6) is 0 Å². The molecule has 9 heteroatoms. The van der Waals surface area contributed by atoms with Crippen molar-refractivity contribution < 1.29 is 17.2 Å². The minimum absolute atomic E-state index is 0.0205. The molecule has 0 saturated heterocycles. The van der Waals surface area contributed by atoms with Gasteiger partial charge in [0.05, 0.1) is 10.6 Å². The van der Waals surface area contributed by atoms with Gasteiger partial charge in [-0.1, -0.05) is 12.1 Å². The van der Waals surface area contributed by atoms with Gasteiger partial charge < -0.3 is 5.32 Å². The molecule has 0 fully saturated rings. The molecule has 6 nitrogen and oxygen atoms in total. The molecule has 0 spiro atoms. The Morgan fingerprint density at radius 1 is 0.923 bits per heavy atom. The smallest absolute Gasteiger partial charge is 0.263 e. The number of benzene rings is 2. The highest BCUT2D eigenvalue weighted by Gasteiger charge is 2.18. The van der Waals surface area contributed by atoms with E-state index >= 15 is 0 Å². The highest BCUT2D eigenvalue weighted by Crippen LogP contribution is 2.21. The Morgan fingerprint density at radius 2 is 1.62 bits per heavy atom. The fraction of sp³-hybridized carbons (Fsp3) is 0.0588. The van der Waals surface area contributed by atoms with Crippen LogP contribution in [0.25, 0.3) is 0 Å². The zero-order valence-corrected chi connectivity index (χ0v) is 14.4. The van der Waals surface area contributed by atoms with Crippen molar-refractivity contribution >= 4 is 27.3 Å². The largest absolute Gasteiger partial charge is 0.336 e. The molecule has 0 amide bonds. The second-order valence-corrected chi connectivity index (χ2v) is 7.07. The molecular formula is C17H14F2N4O2S. The van der Waals surface area contributed by atoms with E-state index in [0.29, 0.717) is 0 Å². The Balaban J connectivity index is 1.77. The molecule has 134 valence electrons. The standard InChI is InChI=1S/C17H14F2N4O2S/c1-11-10-12(18)6-7-15(11)26(24,25)23-17-9-8-16(21-22-17)20-14-5-3-2-4-13(14)19/h2-10H,1H3,(H,20,21)(H,22,23). The van der Waals surface area contributed by atoms with Gasteiger partial charge in [-0.25, -0.2) is 17.2 Å². The first-order valence-electron chi connectivity index (χ1n) is 7.49. The third-order valence-electron chi connectivity index (χ3n) is 3.47. The van der Waals surface area contributed by atoms with E-state index in [2.05, 4.69) is 20.2 Å². The predicted molar refractivity (Wildman–Crippen MR) is 93.7 cm³/mol. The van der Waals surface area contributed by atoms with Crippen molar-refractivity contribution in [3.05, 3.63) is 71.8 Å². The molecule has 0 aliphatic carbocycles. The third kappa shape index (κ3) is 3.94. The first-order valence-corrected chi connectivity index (χ1v) is 8.98. The van der Waals surface area contributed by atoms with E-state index in [9.17, 15) is 17.2 Å². The van der Waals surface area contributed by atoms with E-state index in [1.54, 1.807) is 12.1 Å². The molecule has 0 aliphatic rings. The summed E-state index contributed by atoms with van der Waals surface area (Å²) in [5, 5.41) is 10.3. The number of sulfonamides is 1. The van der Waals surface area contributed by atoms with Crippen LogP contribution in [0.2, 0.25) is 0 Å². The normalized spacial score (nSPS) is 11.2. The molecule has 0 unspecified atom stereocenters. The number of hydrogen-bond donors (Lipinski definition) is 2. The number of para-hydroxylation sites is 1. The Kier molecular flexibility index (Phi) is 4.81. The molecular weight excluding hydrogens is 362 g/mol. The summed E-state index contributed by atoms with van der Waals surface area (Å²) in [7, 11) is -3.94. The molecule has 1 aromatic heterocycles. The molecule has 0 atom stereocenters. The number of nitrogens with one attached hydrogen (secondary N) is 2. The van der Waals surface area contributed by atoms with Gasteiger partial charge in [0.15, 0.2) is 11.6 Å². The summed E-state index contributed by atoms with van der Waals surface area (Å²) in [5.74, 6) is -0.750. The van der Waals surface area contributed by atoms with Crippen LogP contribution in [0.4, 0.5) is 26.1 Å². The second kappa shape index (κ2) is 7.04. The first-order chi connectivity index (χ1) is 12.3. The predicted octanol–water partition coefficient (Wildman–Crippen LogP) is 3.61. The van der Waals surface area contributed by atoms with Gasteiger partial charge in [-0.2, -0.15) is 0 Å². The van der Waals surface area contributed by atoms with Gasteiger partial charge in [0.2, 0.25) is 0 Å². The van der Waals surface area contributed by atoms with E-state index in [-0.39, 0.29) is 27.8 Å². The van der Waals surface area contributed by atoms with Crippen LogP contribution in [0.3, 0.4) is 0 Å². The van der Waals surface area contributed by atoms with E-state index in [1.807, 2.05) is 0 Å². The van der Waals surface area contributed by atoms with Crippen LogP contribution < -0.4 is 10.0 Å². The van der Waals surface area contributed by atoms with Crippen LogP contribution >= 0.6 is 0 Å². The summed E-state index contributed by atoms with van der Waals surface area (Å²) in [6.45, 7) is 1.49. The summed E-state index contributed by atoms with van der Waals surface area (Å²) in [6.07, 6.45) is 0. The second-order valence-electron chi connectivity index (χ2n) is 5.42. The summed E-state index contributed by atoms with van der Waals surface area (Å²) in [4.78, 5) is -0.0609. The highest BCUT2D eigenvalue weighted by atomic mass is 32.2. The van der Waals surface area contributed by atoms with Gasteiger partial charge in [-0.15, -0.1) is 10.2 Å². The zero-order chi connectivity index (χ0) is 18.7. The maximum atomic E-state index is 13.6. The van der Waals surface area contributed by atoms with E-state index in [4.69, 9.17) is 0 Å². The van der Waals surface area contributed by atoms with Gasteiger partial charge in [0, 0.05) is 0 Å². The summed E-state index contributed by atoms with van der Waals surface area (Å²) < 4.78 is 53.8. The minimum Gasteiger partial charge on any atom is -0.336 e. The third-order valence-corrected chi connectivity index (χ3v) is 4.98. The molecule has 2 N–H and O–H groups in total. The molecule has 0 radical (unpaired) electrons. The van der Waals surface area contributed by atoms with Crippen LogP contribution in [-0.2, 0) is 10.0 Å². The topological polar surface area (TPSA) is 84.0 Å². The summed E-state index contributed by atoms with van der Waals surface area (Å²) in [5.41, 5.74) is 0.486. The van der Waals surface area contributed by atoms with Crippen molar-refractivity contribution in [1.29, 1.82) is 0 Å². The average molecular weight is 376 g/mol. The molecule has 3 rings (SSSR count). The molecule has 2 aromatic carbocycles. The number of anilines is 3. The van der Waals surface area contributed by atoms with Crippen LogP contribution in [0.1, 0.15) is 5.56 Å². The average Bonchev–Trinajstić information content (AvgIpc) is 2.58. The van der Waals surface area contributed by atoms with Crippen LogP contribution in [-0.4, -0.2) is 18.6 Å². The Bertz CT molecular complexity index is 1040. The lowest BCUT2D eigenvalue weighted by Gasteiger charge is -2.10. The number of rotatable bonds is 5. The number of aryl methyl sites for hydroxylation is 1. The highest BCUT2D eigenvalue weighted by molar-refractivity contribution is 7.92. The molecule has 26 heavy (non-hydrogen) atoms. The van der Waals surface area contributed by atoms with Gasteiger partial charge in [-0.3, -0.25) is 4.72 Å². The van der Waals surface area contributed by atoms with Crippen molar-refractivity contribution in [2.45, 2.75) is 11.8 Å². The summed E-state index contributed by atoms with van der Waals surface area (Å²) >= 11 is 0. The number of halogens is 2. The Hall–Kier alpha value is -3.07. The quantitative estimate of drug-likeness (QED) is 0.711. The van der Waals surface area contributed by atoms with Crippen molar-refractivity contribution in [1.82, 2.24) is 10.2 Å². The van der Waals surface area contributed by atoms with Crippen LogP contribution in [0.15, 0.2) is 59.5 Å². The lowest BCUT2D eigenvalue weighted by molar-refractivity contribution is 0.598. The molecule has 3 aromatic rings. The van der Waals surface area contributed by atoms with Gasteiger partial charge in [-0.05, 0) is 55.0 Å². The van der Waals surface area contributed by atoms with E-state index < -0.39 is 21.7 Å². The number of aromatic nitrogens is 2. The molecule has 0 aliphatic heterocycles. The van der Waals surface area contributed by atoms with Crippen molar-refractivity contribution in [2.75, 3.05) is 10.0 Å². The monoisotopic (exact) mass is 376 g/mol. The van der Waals surface area contributed by atoms with Crippen LogP contribution in [0, 0.1) is 18.6 Å². The van der Waals surface area contributed by atoms with E-state index in [0.717, 1.165) is 12.1 Å². The molecule has 0 bridgehead atoms. The SMILES string of the molecule is Cc1cc(F)ccc1S(=O)(=O)Nc1ccc(Nc2ccccc2F)nn1. The molecule has 1 heterocycles. The maximum Gasteiger partial charge on any atom is 0.263 e. The first kappa shape index (κ1) is 17.7. The van der Waals surface area contributed by atoms with Crippen molar-refractivity contribution in [2.24, 2.45) is 0 Å².